The highest BCUT2D eigenvalue weighted by atomic mass is 16.7. The zero-order valence-corrected chi connectivity index (χ0v) is 19.5. The van der Waals surface area contributed by atoms with Crippen molar-refractivity contribution in [1.29, 1.82) is 0 Å². The lowest BCUT2D eigenvalue weighted by molar-refractivity contribution is 0.0696. The zero-order valence-electron chi connectivity index (χ0n) is 19.5. The summed E-state index contributed by atoms with van der Waals surface area (Å²) >= 11 is 0. The van der Waals surface area contributed by atoms with Gasteiger partial charge in [-0.2, -0.15) is 4.73 Å². The van der Waals surface area contributed by atoms with Gasteiger partial charge in [-0.1, -0.05) is 72.8 Å². The van der Waals surface area contributed by atoms with Crippen LogP contribution in [0.3, 0.4) is 0 Å². The highest BCUT2D eigenvalue weighted by Crippen LogP contribution is 2.14. The lowest BCUT2D eigenvalue weighted by Crippen LogP contribution is -2.21. The topological polar surface area (TPSA) is 94.8 Å². The lowest BCUT2D eigenvalue weighted by Gasteiger charge is -2.16. The molecule has 0 atom stereocenters. The SMILES string of the molecule is O=C(O)c1ccc(C(=O)CCc2cc(=O)c(OCc3ccccc3)cn2OCc2ccccc2)cc1. The molecule has 0 spiro atoms. The molecule has 4 aromatic rings. The van der Waals surface area contributed by atoms with Crippen LogP contribution < -0.4 is 15.0 Å². The Bertz CT molecular complexity index is 1380. The van der Waals surface area contributed by atoms with Crippen LogP contribution in [0.15, 0.2) is 102 Å². The molecule has 7 nitrogen and oxygen atoms in total. The number of Topliss-reactive ketones (excluding diaryl/α,β-unsaturated/α-hetero) is 1. The van der Waals surface area contributed by atoms with Crippen LogP contribution in [0.4, 0.5) is 0 Å². The molecule has 0 aliphatic rings. The standard InChI is InChI=1S/C29H25NO6/c31-26(23-11-13-24(14-12-23)29(33)34)16-15-25-17-27(32)28(35-19-21-7-3-1-4-8-21)18-30(25)36-20-22-9-5-2-6-10-22/h1-14,17-18H,15-16,19-20H2,(H,33,34). The first-order valence-corrected chi connectivity index (χ1v) is 11.5. The van der Waals surface area contributed by atoms with Gasteiger partial charge in [0.25, 0.3) is 0 Å². The molecule has 182 valence electrons. The number of ether oxygens (including phenoxy) is 1. The summed E-state index contributed by atoms with van der Waals surface area (Å²) in [6.45, 7) is 0.498. The van der Waals surface area contributed by atoms with Crippen molar-refractivity contribution in [2.45, 2.75) is 26.1 Å². The summed E-state index contributed by atoms with van der Waals surface area (Å²) in [7, 11) is 0. The molecule has 0 saturated heterocycles. The van der Waals surface area contributed by atoms with Crippen LogP contribution >= 0.6 is 0 Å². The van der Waals surface area contributed by atoms with Crippen LogP contribution in [-0.4, -0.2) is 21.6 Å². The van der Waals surface area contributed by atoms with E-state index >= 15 is 0 Å². The van der Waals surface area contributed by atoms with Gasteiger partial charge in [0.2, 0.25) is 5.43 Å². The van der Waals surface area contributed by atoms with Crippen LogP contribution in [-0.2, 0) is 19.6 Å². The monoisotopic (exact) mass is 483 g/mol. The fourth-order valence-electron chi connectivity index (χ4n) is 3.59. The molecule has 0 saturated carbocycles. The third-order valence-corrected chi connectivity index (χ3v) is 5.57. The number of pyridine rings is 1. The Labute approximate surface area is 208 Å². The Morgan fingerprint density at radius 3 is 1.97 bits per heavy atom. The van der Waals surface area contributed by atoms with Crippen molar-refractivity contribution in [3.05, 3.63) is 135 Å². The van der Waals surface area contributed by atoms with E-state index in [2.05, 4.69) is 0 Å². The van der Waals surface area contributed by atoms with Gasteiger partial charge in [0, 0.05) is 18.1 Å². The predicted octanol–water partition coefficient (Wildman–Crippen LogP) is 4.57. The Morgan fingerprint density at radius 2 is 1.36 bits per heavy atom. The fraction of sp³-hybridized carbons (Fsp3) is 0.138. The Hall–Kier alpha value is -4.65. The van der Waals surface area contributed by atoms with Gasteiger partial charge in [0.15, 0.2) is 11.5 Å². The van der Waals surface area contributed by atoms with Crippen molar-refractivity contribution >= 4 is 11.8 Å². The number of hydrogen-bond acceptors (Lipinski definition) is 5. The van der Waals surface area contributed by atoms with Gasteiger partial charge in [-0.3, -0.25) is 9.59 Å². The molecule has 7 heteroatoms. The second-order valence-electron chi connectivity index (χ2n) is 8.16. The van der Waals surface area contributed by atoms with E-state index < -0.39 is 5.97 Å². The van der Waals surface area contributed by atoms with Crippen LogP contribution in [0.2, 0.25) is 0 Å². The van der Waals surface area contributed by atoms with Gasteiger partial charge < -0.3 is 14.7 Å². The van der Waals surface area contributed by atoms with Crippen molar-refractivity contribution in [1.82, 2.24) is 4.73 Å². The number of nitrogens with zero attached hydrogens (tertiary/aromatic N) is 1. The molecule has 0 fully saturated rings. The van der Waals surface area contributed by atoms with Gasteiger partial charge >= 0.3 is 5.97 Å². The summed E-state index contributed by atoms with van der Waals surface area (Å²) in [4.78, 5) is 42.5. The summed E-state index contributed by atoms with van der Waals surface area (Å²) in [5.74, 6) is -1.08. The summed E-state index contributed by atoms with van der Waals surface area (Å²) in [5.41, 5.74) is 2.61. The van der Waals surface area contributed by atoms with Crippen LogP contribution in [0, 0.1) is 0 Å². The number of carbonyl (C=O) groups excluding carboxylic acids is 1. The number of rotatable bonds is 11. The van der Waals surface area contributed by atoms with E-state index in [0.29, 0.717) is 11.3 Å². The average molecular weight is 484 g/mol. The van der Waals surface area contributed by atoms with Crippen molar-refractivity contribution < 1.29 is 24.3 Å². The van der Waals surface area contributed by atoms with Gasteiger partial charge in [0.05, 0.1) is 17.5 Å². The first-order valence-electron chi connectivity index (χ1n) is 11.5. The van der Waals surface area contributed by atoms with E-state index in [-0.39, 0.29) is 48.6 Å². The number of hydrogen-bond donors (Lipinski definition) is 1. The molecule has 0 aliphatic heterocycles. The third-order valence-electron chi connectivity index (χ3n) is 5.57. The average Bonchev–Trinajstić information content (AvgIpc) is 2.91. The van der Waals surface area contributed by atoms with E-state index in [1.54, 1.807) is 0 Å². The first-order chi connectivity index (χ1) is 17.5. The number of benzene rings is 3. The number of carbonyl (C=O) groups is 2. The molecule has 0 unspecified atom stereocenters. The summed E-state index contributed by atoms with van der Waals surface area (Å²) in [6, 6.07) is 26.3. The number of carboxylic acids is 1. The Balaban J connectivity index is 1.51. The maximum absolute atomic E-state index is 12.8. The number of ketones is 1. The van der Waals surface area contributed by atoms with Crippen LogP contribution in [0.1, 0.15) is 44.0 Å². The Kier molecular flexibility index (Phi) is 7.93. The minimum absolute atomic E-state index is 0.112. The molecule has 1 aromatic heterocycles. The molecule has 4 rings (SSSR count). The molecule has 0 aliphatic carbocycles. The second kappa shape index (κ2) is 11.7. The first kappa shape index (κ1) is 24.5. The number of aryl methyl sites for hydroxylation is 1. The molecule has 0 bridgehead atoms. The van der Waals surface area contributed by atoms with Gasteiger partial charge in [-0.15, -0.1) is 0 Å². The van der Waals surface area contributed by atoms with Gasteiger partial charge in [-0.05, 0) is 29.7 Å². The predicted molar refractivity (Wildman–Crippen MR) is 134 cm³/mol. The molecule has 36 heavy (non-hydrogen) atoms. The van der Waals surface area contributed by atoms with Gasteiger partial charge in [-0.25, -0.2) is 4.79 Å². The molecule has 1 heterocycles. The molecular weight excluding hydrogens is 458 g/mol. The molecular formula is C29H25NO6. The van der Waals surface area contributed by atoms with Crippen molar-refractivity contribution in [2.24, 2.45) is 0 Å². The van der Waals surface area contributed by atoms with E-state index in [0.717, 1.165) is 11.1 Å². The number of aromatic nitrogens is 1. The van der Waals surface area contributed by atoms with E-state index in [1.807, 2.05) is 60.7 Å². The summed E-state index contributed by atoms with van der Waals surface area (Å²) < 4.78 is 7.25. The molecule has 0 amide bonds. The second-order valence-corrected chi connectivity index (χ2v) is 8.16. The summed E-state index contributed by atoms with van der Waals surface area (Å²) in [5, 5.41) is 9.04. The molecule has 0 radical (unpaired) electrons. The quantitative estimate of drug-likeness (QED) is 0.314. The fourth-order valence-corrected chi connectivity index (χ4v) is 3.59. The Morgan fingerprint density at radius 1 is 0.778 bits per heavy atom. The minimum Gasteiger partial charge on any atom is -0.483 e. The van der Waals surface area contributed by atoms with Crippen LogP contribution in [0.25, 0.3) is 0 Å². The third kappa shape index (κ3) is 6.48. The maximum atomic E-state index is 12.8. The van der Waals surface area contributed by atoms with E-state index in [1.165, 1.54) is 41.3 Å². The zero-order chi connectivity index (χ0) is 25.3. The smallest absolute Gasteiger partial charge is 0.335 e. The maximum Gasteiger partial charge on any atom is 0.335 e. The van der Waals surface area contributed by atoms with Crippen molar-refractivity contribution in [3.63, 3.8) is 0 Å². The molecule has 1 N–H and O–H groups in total. The van der Waals surface area contributed by atoms with Gasteiger partial charge in [0.1, 0.15) is 13.2 Å². The largest absolute Gasteiger partial charge is 0.483 e. The number of aromatic carboxylic acids is 1. The minimum atomic E-state index is -1.05. The van der Waals surface area contributed by atoms with E-state index in [9.17, 15) is 14.4 Å². The lowest BCUT2D eigenvalue weighted by atomic mass is 10.0. The number of carboxylic acid groups (broad SMARTS) is 1. The normalized spacial score (nSPS) is 10.6. The molecule has 3 aromatic carbocycles. The van der Waals surface area contributed by atoms with Crippen molar-refractivity contribution in [2.75, 3.05) is 0 Å². The highest BCUT2D eigenvalue weighted by molar-refractivity contribution is 5.97. The summed E-state index contributed by atoms with van der Waals surface area (Å²) in [6.07, 6.45) is 1.88. The highest BCUT2D eigenvalue weighted by Gasteiger charge is 2.13. The van der Waals surface area contributed by atoms with Crippen molar-refractivity contribution in [3.8, 4) is 5.75 Å². The van der Waals surface area contributed by atoms with E-state index in [4.69, 9.17) is 14.7 Å². The van der Waals surface area contributed by atoms with Crippen LogP contribution in [0.5, 0.6) is 5.75 Å².